The maximum Gasteiger partial charge on any atom is 0.0897 e. The number of likely N-dealkylation sites (tertiary alicyclic amines) is 1. The summed E-state index contributed by atoms with van der Waals surface area (Å²) >= 11 is 6.04. The second-order valence-electron chi connectivity index (χ2n) is 5.51. The van der Waals surface area contributed by atoms with Crippen LogP contribution in [0.4, 0.5) is 0 Å². The number of rotatable bonds is 9. The molecule has 2 rings (SSSR count). The highest BCUT2D eigenvalue weighted by Crippen LogP contribution is 2.15. The molecule has 1 aliphatic rings. The lowest BCUT2D eigenvalue weighted by Crippen LogP contribution is -2.35. The van der Waals surface area contributed by atoms with Crippen molar-refractivity contribution in [3.8, 4) is 0 Å². The van der Waals surface area contributed by atoms with Gasteiger partial charge in [0, 0.05) is 24.7 Å². The Labute approximate surface area is 132 Å². The van der Waals surface area contributed by atoms with Gasteiger partial charge in [0.2, 0.25) is 0 Å². The van der Waals surface area contributed by atoms with Crippen LogP contribution in [0.5, 0.6) is 0 Å². The third-order valence-electron chi connectivity index (χ3n) is 3.71. The number of aliphatic hydroxyl groups excluding tert-OH is 1. The first-order valence-corrected chi connectivity index (χ1v) is 8.06. The van der Waals surface area contributed by atoms with Crippen LogP contribution in [0.1, 0.15) is 18.4 Å². The standard InChI is InChI=1S/C16H25ClN2O2/c17-16-6-2-1-5-14(16)12-21-13-15(20)11-18-7-10-19-8-3-4-9-19/h1-2,5-6,15,18,20H,3-4,7-13H2. The van der Waals surface area contributed by atoms with Gasteiger partial charge in [0.25, 0.3) is 0 Å². The SMILES string of the molecule is OC(CNCCN1CCCC1)COCc1ccccc1Cl. The second kappa shape index (κ2) is 9.38. The van der Waals surface area contributed by atoms with E-state index in [0.717, 1.165) is 18.7 Å². The third-order valence-corrected chi connectivity index (χ3v) is 4.08. The lowest BCUT2D eigenvalue weighted by Gasteiger charge is -2.16. The van der Waals surface area contributed by atoms with Crippen LogP contribution in [0.15, 0.2) is 24.3 Å². The van der Waals surface area contributed by atoms with E-state index in [-0.39, 0.29) is 0 Å². The molecule has 0 aliphatic carbocycles. The maximum absolute atomic E-state index is 9.85. The number of benzene rings is 1. The van der Waals surface area contributed by atoms with Crippen molar-refractivity contribution in [2.24, 2.45) is 0 Å². The van der Waals surface area contributed by atoms with Crippen LogP contribution in [0, 0.1) is 0 Å². The van der Waals surface area contributed by atoms with Crippen molar-refractivity contribution < 1.29 is 9.84 Å². The van der Waals surface area contributed by atoms with Gasteiger partial charge >= 0.3 is 0 Å². The van der Waals surface area contributed by atoms with Gasteiger partial charge in [-0.2, -0.15) is 0 Å². The zero-order chi connectivity index (χ0) is 14.9. The molecule has 5 heteroatoms. The molecule has 4 nitrogen and oxygen atoms in total. The monoisotopic (exact) mass is 312 g/mol. The highest BCUT2D eigenvalue weighted by Gasteiger charge is 2.11. The Balaban J connectivity index is 1.51. The van der Waals surface area contributed by atoms with Crippen LogP contribution in [0.3, 0.4) is 0 Å². The van der Waals surface area contributed by atoms with Crippen LogP contribution in [-0.4, -0.2) is 55.4 Å². The summed E-state index contributed by atoms with van der Waals surface area (Å²) in [5.41, 5.74) is 0.952. The molecule has 1 aliphatic heterocycles. The van der Waals surface area contributed by atoms with Gasteiger partial charge in [0.15, 0.2) is 0 Å². The van der Waals surface area contributed by atoms with E-state index in [2.05, 4.69) is 10.2 Å². The van der Waals surface area contributed by atoms with Gasteiger partial charge in [0.05, 0.1) is 19.3 Å². The van der Waals surface area contributed by atoms with Crippen molar-refractivity contribution in [2.45, 2.75) is 25.6 Å². The normalized spacial score (nSPS) is 17.2. The molecule has 0 radical (unpaired) electrons. The highest BCUT2D eigenvalue weighted by atomic mass is 35.5. The van der Waals surface area contributed by atoms with E-state index in [0.29, 0.717) is 24.8 Å². The molecule has 0 amide bonds. The number of hydrogen-bond acceptors (Lipinski definition) is 4. The molecule has 1 saturated heterocycles. The molecule has 0 saturated carbocycles. The summed E-state index contributed by atoms with van der Waals surface area (Å²) in [4.78, 5) is 2.45. The quantitative estimate of drug-likeness (QED) is 0.684. The molecule has 1 aromatic rings. The largest absolute Gasteiger partial charge is 0.389 e. The molecule has 0 aromatic heterocycles. The lowest BCUT2D eigenvalue weighted by molar-refractivity contribution is 0.0288. The molecule has 0 bridgehead atoms. The Morgan fingerprint density at radius 3 is 2.81 bits per heavy atom. The van der Waals surface area contributed by atoms with Gasteiger partial charge in [-0.3, -0.25) is 0 Å². The average molecular weight is 313 g/mol. The van der Waals surface area contributed by atoms with Gasteiger partial charge in [-0.05, 0) is 37.6 Å². The molecule has 1 unspecified atom stereocenters. The van der Waals surface area contributed by atoms with E-state index in [4.69, 9.17) is 16.3 Å². The van der Waals surface area contributed by atoms with Crippen LogP contribution in [0.25, 0.3) is 0 Å². The molecule has 1 aromatic carbocycles. The van der Waals surface area contributed by atoms with E-state index >= 15 is 0 Å². The second-order valence-corrected chi connectivity index (χ2v) is 5.92. The summed E-state index contributed by atoms with van der Waals surface area (Å²) in [7, 11) is 0. The Morgan fingerprint density at radius 1 is 1.29 bits per heavy atom. The predicted molar refractivity (Wildman–Crippen MR) is 85.7 cm³/mol. The molecule has 21 heavy (non-hydrogen) atoms. The number of nitrogens with one attached hydrogen (secondary N) is 1. The molecule has 1 heterocycles. The number of halogens is 1. The maximum atomic E-state index is 9.85. The summed E-state index contributed by atoms with van der Waals surface area (Å²) in [6.07, 6.45) is 2.16. The van der Waals surface area contributed by atoms with Crippen molar-refractivity contribution in [3.05, 3.63) is 34.9 Å². The molecule has 118 valence electrons. The minimum atomic E-state index is -0.480. The topological polar surface area (TPSA) is 44.7 Å². The van der Waals surface area contributed by atoms with Crippen molar-refractivity contribution in [1.82, 2.24) is 10.2 Å². The summed E-state index contributed by atoms with van der Waals surface area (Å²) in [5.74, 6) is 0. The van der Waals surface area contributed by atoms with E-state index in [1.165, 1.54) is 25.9 Å². The summed E-state index contributed by atoms with van der Waals surface area (Å²) in [5, 5.41) is 13.8. The molecule has 0 spiro atoms. The van der Waals surface area contributed by atoms with Crippen LogP contribution in [0.2, 0.25) is 5.02 Å². The van der Waals surface area contributed by atoms with E-state index in [1.807, 2.05) is 24.3 Å². The summed E-state index contributed by atoms with van der Waals surface area (Å²) in [6, 6.07) is 7.60. The van der Waals surface area contributed by atoms with Crippen LogP contribution >= 0.6 is 11.6 Å². The predicted octanol–water partition coefficient (Wildman–Crippen LogP) is 1.90. The van der Waals surface area contributed by atoms with Crippen molar-refractivity contribution in [3.63, 3.8) is 0 Å². The molecular formula is C16H25ClN2O2. The zero-order valence-corrected chi connectivity index (χ0v) is 13.2. The van der Waals surface area contributed by atoms with Crippen LogP contribution < -0.4 is 5.32 Å². The zero-order valence-electron chi connectivity index (χ0n) is 12.4. The van der Waals surface area contributed by atoms with E-state index < -0.39 is 6.10 Å². The summed E-state index contributed by atoms with van der Waals surface area (Å²) < 4.78 is 5.51. The van der Waals surface area contributed by atoms with Gasteiger partial charge in [0.1, 0.15) is 0 Å². The highest BCUT2D eigenvalue weighted by molar-refractivity contribution is 6.31. The smallest absolute Gasteiger partial charge is 0.0897 e. The fraction of sp³-hybridized carbons (Fsp3) is 0.625. The average Bonchev–Trinajstić information content (AvgIpc) is 2.99. The fourth-order valence-corrected chi connectivity index (χ4v) is 2.68. The Morgan fingerprint density at radius 2 is 2.05 bits per heavy atom. The van der Waals surface area contributed by atoms with Crippen LogP contribution in [-0.2, 0) is 11.3 Å². The molecular weight excluding hydrogens is 288 g/mol. The van der Waals surface area contributed by atoms with Gasteiger partial charge in [-0.15, -0.1) is 0 Å². The first-order valence-electron chi connectivity index (χ1n) is 7.68. The van der Waals surface area contributed by atoms with Crippen molar-refractivity contribution in [2.75, 3.05) is 39.3 Å². The third kappa shape index (κ3) is 6.32. The number of nitrogens with zero attached hydrogens (tertiary/aromatic N) is 1. The first kappa shape index (κ1) is 16.7. The number of ether oxygens (including phenoxy) is 1. The minimum absolute atomic E-state index is 0.321. The Hall–Kier alpha value is -0.650. The van der Waals surface area contributed by atoms with Crippen molar-refractivity contribution in [1.29, 1.82) is 0 Å². The Kier molecular flexibility index (Phi) is 7.47. The first-order chi connectivity index (χ1) is 10.3. The molecule has 1 atom stereocenters. The number of aliphatic hydroxyl groups is 1. The molecule has 1 fully saturated rings. The van der Waals surface area contributed by atoms with E-state index in [1.54, 1.807) is 0 Å². The van der Waals surface area contributed by atoms with Gasteiger partial charge < -0.3 is 20.1 Å². The van der Waals surface area contributed by atoms with Gasteiger partial charge in [-0.25, -0.2) is 0 Å². The summed E-state index contributed by atoms with van der Waals surface area (Å²) in [6.45, 7) is 5.73. The van der Waals surface area contributed by atoms with E-state index in [9.17, 15) is 5.11 Å². The Bertz CT molecular complexity index is 411. The fourth-order valence-electron chi connectivity index (χ4n) is 2.49. The number of hydrogen-bond donors (Lipinski definition) is 2. The van der Waals surface area contributed by atoms with Crippen molar-refractivity contribution >= 4 is 11.6 Å². The van der Waals surface area contributed by atoms with Gasteiger partial charge in [-0.1, -0.05) is 29.8 Å². The minimum Gasteiger partial charge on any atom is -0.389 e. The molecule has 2 N–H and O–H groups in total. The lowest BCUT2D eigenvalue weighted by atomic mass is 10.2.